The molecule has 30 heavy (non-hydrogen) atoms. The molecular formula is C25H16F3NO. The molecule has 0 saturated carbocycles. The molecule has 4 rings (SSSR count). The van der Waals surface area contributed by atoms with Crippen molar-refractivity contribution in [3.8, 4) is 28.8 Å². The third-order valence-corrected chi connectivity index (χ3v) is 4.55. The first kappa shape index (κ1) is 19.5. The van der Waals surface area contributed by atoms with Crippen LogP contribution in [0, 0.1) is 29.3 Å². The normalized spacial score (nSPS) is 10.5. The fourth-order valence-corrected chi connectivity index (χ4v) is 3.05. The maximum Gasteiger partial charge on any atom is 0.195 e. The molecule has 4 aromatic rings. The summed E-state index contributed by atoms with van der Waals surface area (Å²) in [4.78, 5) is 4.39. The molecule has 3 aromatic carbocycles. The summed E-state index contributed by atoms with van der Waals surface area (Å²) in [5.41, 5.74) is 3.12. The molecule has 0 N–H and O–H groups in total. The number of hydrogen-bond donors (Lipinski definition) is 0. The number of rotatable bonds is 3. The van der Waals surface area contributed by atoms with Crippen LogP contribution in [-0.4, -0.2) is 11.6 Å². The Morgan fingerprint density at radius 2 is 1.57 bits per heavy atom. The molecule has 0 aliphatic carbocycles. The van der Waals surface area contributed by atoms with Crippen molar-refractivity contribution in [2.75, 3.05) is 6.61 Å². The van der Waals surface area contributed by atoms with Crippen LogP contribution >= 0.6 is 0 Å². The molecule has 2 nitrogen and oxygen atoms in total. The standard InChI is InChI=1S/C25H16F3NO/c1-2-30-20-10-12-23(29-15-20)18-8-5-16(6-9-18)3-4-17-7-11-21-19(13-17)14-22(26)25(28)24(21)27/h5-15H,2H2,1H3. The number of hydrogen-bond acceptors (Lipinski definition) is 2. The van der Waals surface area contributed by atoms with Crippen molar-refractivity contribution in [3.63, 3.8) is 0 Å². The van der Waals surface area contributed by atoms with Crippen LogP contribution in [0.5, 0.6) is 5.75 Å². The van der Waals surface area contributed by atoms with Crippen molar-refractivity contribution >= 4 is 10.8 Å². The average molecular weight is 403 g/mol. The van der Waals surface area contributed by atoms with E-state index in [0.717, 1.165) is 28.6 Å². The molecule has 0 amide bonds. The number of pyridine rings is 1. The van der Waals surface area contributed by atoms with Gasteiger partial charge < -0.3 is 4.74 Å². The molecule has 0 saturated heterocycles. The highest BCUT2D eigenvalue weighted by Gasteiger charge is 2.13. The first-order valence-corrected chi connectivity index (χ1v) is 9.33. The molecule has 0 unspecified atom stereocenters. The fourth-order valence-electron chi connectivity index (χ4n) is 3.05. The summed E-state index contributed by atoms with van der Waals surface area (Å²) in [7, 11) is 0. The van der Waals surface area contributed by atoms with Gasteiger partial charge in [0.05, 0.1) is 18.5 Å². The van der Waals surface area contributed by atoms with E-state index in [4.69, 9.17) is 4.74 Å². The van der Waals surface area contributed by atoms with E-state index in [-0.39, 0.29) is 10.8 Å². The highest BCUT2D eigenvalue weighted by Crippen LogP contribution is 2.24. The Hall–Kier alpha value is -3.78. The highest BCUT2D eigenvalue weighted by molar-refractivity contribution is 5.84. The van der Waals surface area contributed by atoms with Crippen molar-refractivity contribution in [1.82, 2.24) is 4.98 Å². The summed E-state index contributed by atoms with van der Waals surface area (Å²) in [6, 6.07) is 16.8. The molecule has 0 atom stereocenters. The van der Waals surface area contributed by atoms with E-state index in [1.807, 2.05) is 43.3 Å². The maximum absolute atomic E-state index is 13.8. The second-order valence-corrected chi connectivity index (χ2v) is 6.56. The molecule has 5 heteroatoms. The Labute approximate surface area is 172 Å². The molecule has 0 aliphatic rings. The summed E-state index contributed by atoms with van der Waals surface area (Å²) < 4.78 is 46.0. The maximum atomic E-state index is 13.8. The third kappa shape index (κ3) is 3.99. The van der Waals surface area contributed by atoms with Gasteiger partial charge in [0.25, 0.3) is 0 Å². The Balaban J connectivity index is 1.56. The van der Waals surface area contributed by atoms with Crippen LogP contribution in [0.25, 0.3) is 22.0 Å². The molecule has 148 valence electrons. The number of halogens is 3. The van der Waals surface area contributed by atoms with Crippen LogP contribution in [0.4, 0.5) is 13.2 Å². The highest BCUT2D eigenvalue weighted by atomic mass is 19.2. The molecule has 1 aromatic heterocycles. The summed E-state index contributed by atoms with van der Waals surface area (Å²) in [5, 5.41) is 0.279. The van der Waals surface area contributed by atoms with Crippen LogP contribution < -0.4 is 4.74 Å². The zero-order chi connectivity index (χ0) is 21.1. The van der Waals surface area contributed by atoms with Crippen molar-refractivity contribution in [3.05, 3.63) is 95.4 Å². The van der Waals surface area contributed by atoms with Gasteiger partial charge in [-0.1, -0.05) is 30.0 Å². The number of aromatic nitrogens is 1. The Morgan fingerprint density at radius 3 is 2.27 bits per heavy atom. The lowest BCUT2D eigenvalue weighted by Crippen LogP contribution is -1.92. The molecule has 0 spiro atoms. The zero-order valence-corrected chi connectivity index (χ0v) is 16.0. The quantitative estimate of drug-likeness (QED) is 0.304. The lowest BCUT2D eigenvalue weighted by Gasteiger charge is -2.04. The molecule has 0 bridgehead atoms. The van der Waals surface area contributed by atoms with Crippen LogP contribution in [0.1, 0.15) is 18.1 Å². The van der Waals surface area contributed by atoms with Gasteiger partial charge in [0.15, 0.2) is 17.5 Å². The predicted octanol–water partition coefficient (Wildman–Crippen LogP) is 6.12. The second-order valence-electron chi connectivity index (χ2n) is 6.56. The largest absolute Gasteiger partial charge is 0.492 e. The predicted molar refractivity (Wildman–Crippen MR) is 111 cm³/mol. The van der Waals surface area contributed by atoms with Crippen LogP contribution in [0.15, 0.2) is 66.9 Å². The third-order valence-electron chi connectivity index (χ3n) is 4.55. The van der Waals surface area contributed by atoms with Gasteiger partial charge in [-0.15, -0.1) is 0 Å². The second kappa shape index (κ2) is 8.30. The Kier molecular flexibility index (Phi) is 5.40. The minimum absolute atomic E-state index is 0.0201. The van der Waals surface area contributed by atoms with Gasteiger partial charge in [0.1, 0.15) is 5.75 Å². The van der Waals surface area contributed by atoms with Crippen molar-refractivity contribution in [2.45, 2.75) is 6.92 Å². The van der Waals surface area contributed by atoms with Gasteiger partial charge in [-0.2, -0.15) is 0 Å². The molecule has 0 fully saturated rings. The fraction of sp³-hybridized carbons (Fsp3) is 0.0800. The van der Waals surface area contributed by atoms with Crippen molar-refractivity contribution in [2.24, 2.45) is 0 Å². The lowest BCUT2D eigenvalue weighted by molar-refractivity contribution is 0.339. The summed E-state index contributed by atoms with van der Waals surface area (Å²) >= 11 is 0. The molecular weight excluding hydrogens is 387 g/mol. The number of benzene rings is 3. The van der Waals surface area contributed by atoms with Gasteiger partial charge in [-0.3, -0.25) is 4.98 Å². The molecule has 0 radical (unpaired) electrons. The van der Waals surface area contributed by atoms with E-state index in [0.29, 0.717) is 12.2 Å². The van der Waals surface area contributed by atoms with Crippen LogP contribution in [0.3, 0.4) is 0 Å². The minimum Gasteiger partial charge on any atom is -0.492 e. The van der Waals surface area contributed by atoms with E-state index in [1.54, 1.807) is 12.3 Å². The smallest absolute Gasteiger partial charge is 0.195 e. The zero-order valence-electron chi connectivity index (χ0n) is 16.0. The van der Waals surface area contributed by atoms with Gasteiger partial charge in [-0.05, 0) is 54.8 Å². The number of ether oxygens (including phenoxy) is 1. The van der Waals surface area contributed by atoms with E-state index < -0.39 is 17.5 Å². The molecule has 1 heterocycles. The lowest BCUT2D eigenvalue weighted by atomic mass is 10.1. The van der Waals surface area contributed by atoms with Crippen LogP contribution in [0.2, 0.25) is 0 Å². The number of nitrogens with zero attached hydrogens (tertiary/aromatic N) is 1. The van der Waals surface area contributed by atoms with Crippen molar-refractivity contribution in [1.29, 1.82) is 0 Å². The van der Waals surface area contributed by atoms with Gasteiger partial charge >= 0.3 is 0 Å². The Bertz CT molecular complexity index is 1270. The van der Waals surface area contributed by atoms with Gasteiger partial charge in [-0.25, -0.2) is 13.2 Å². The summed E-state index contributed by atoms with van der Waals surface area (Å²) in [6.07, 6.45) is 1.68. The van der Waals surface area contributed by atoms with Gasteiger partial charge in [0.2, 0.25) is 0 Å². The van der Waals surface area contributed by atoms with E-state index in [1.165, 1.54) is 12.1 Å². The van der Waals surface area contributed by atoms with E-state index in [9.17, 15) is 13.2 Å². The first-order valence-electron chi connectivity index (χ1n) is 9.33. The van der Waals surface area contributed by atoms with Crippen LogP contribution in [-0.2, 0) is 0 Å². The topological polar surface area (TPSA) is 22.1 Å². The average Bonchev–Trinajstić information content (AvgIpc) is 2.77. The van der Waals surface area contributed by atoms with Gasteiger partial charge in [0, 0.05) is 22.1 Å². The van der Waals surface area contributed by atoms with E-state index >= 15 is 0 Å². The van der Waals surface area contributed by atoms with E-state index in [2.05, 4.69) is 16.8 Å². The Morgan fingerprint density at radius 1 is 0.833 bits per heavy atom. The summed E-state index contributed by atoms with van der Waals surface area (Å²) in [6.45, 7) is 2.51. The monoisotopic (exact) mass is 403 g/mol. The minimum atomic E-state index is -1.47. The first-order chi connectivity index (χ1) is 14.5. The van der Waals surface area contributed by atoms with Crippen molar-refractivity contribution < 1.29 is 17.9 Å². The summed E-state index contributed by atoms with van der Waals surface area (Å²) in [5.74, 6) is 2.83. The SMILES string of the molecule is CCOc1ccc(-c2ccc(C#Cc3ccc4c(F)c(F)c(F)cc4c3)cc2)nc1. The number of fused-ring (bicyclic) bond motifs is 1. The molecule has 0 aliphatic heterocycles.